The summed E-state index contributed by atoms with van der Waals surface area (Å²) in [5.74, 6) is -0.913. The summed E-state index contributed by atoms with van der Waals surface area (Å²) in [5.41, 5.74) is 0. The molecule has 13 nitrogen and oxygen atoms in total. The Balaban J connectivity index is 2.83. The highest BCUT2D eigenvalue weighted by Gasteiger charge is 2.21. The summed E-state index contributed by atoms with van der Waals surface area (Å²) in [4.78, 5) is 53.1. The van der Waals surface area contributed by atoms with E-state index in [-0.39, 0.29) is 45.3 Å². The number of hydrogen-bond acceptors (Lipinski definition) is 9. The van der Waals surface area contributed by atoms with Crippen LogP contribution in [0.3, 0.4) is 0 Å². The largest absolute Gasteiger partial charge is 0.480 e. The molecular formula is C21H35N5O8. The minimum Gasteiger partial charge on any atom is -0.480 e. The van der Waals surface area contributed by atoms with Gasteiger partial charge in [-0.2, -0.15) is 0 Å². The summed E-state index contributed by atoms with van der Waals surface area (Å²) < 4.78 is 5.12. The number of nitrogens with zero attached hydrogens (tertiary/aromatic N) is 4. The maximum atomic E-state index is 12.4. The van der Waals surface area contributed by atoms with Gasteiger partial charge in [-0.05, 0) is 0 Å². The molecule has 13 heteroatoms. The van der Waals surface area contributed by atoms with Crippen molar-refractivity contribution >= 4 is 23.8 Å². The van der Waals surface area contributed by atoms with Crippen molar-refractivity contribution in [3.8, 4) is 12.3 Å². The number of carbonyl (C=O) groups excluding carboxylic acids is 1. The number of amides is 1. The van der Waals surface area contributed by atoms with Crippen LogP contribution in [0.4, 0.5) is 0 Å². The maximum absolute atomic E-state index is 12.4. The van der Waals surface area contributed by atoms with E-state index in [1.807, 2.05) is 4.90 Å². The summed E-state index contributed by atoms with van der Waals surface area (Å²) >= 11 is 0. The van der Waals surface area contributed by atoms with Crippen molar-refractivity contribution < 1.29 is 39.2 Å². The minimum atomic E-state index is -1.01. The second-order valence-electron chi connectivity index (χ2n) is 7.89. The first-order valence-corrected chi connectivity index (χ1v) is 11.0. The number of hydrogen-bond donors (Lipinski definition) is 4. The topological polar surface area (TPSA) is 163 Å². The highest BCUT2D eigenvalue weighted by molar-refractivity contribution is 5.78. The number of ether oxygens (including phenoxy) is 1. The van der Waals surface area contributed by atoms with Gasteiger partial charge in [0.05, 0.1) is 32.8 Å². The normalized spacial score (nSPS) is 17.7. The third-order valence-corrected chi connectivity index (χ3v) is 5.13. The van der Waals surface area contributed by atoms with E-state index in [2.05, 4.69) is 11.2 Å². The molecule has 4 N–H and O–H groups in total. The lowest BCUT2D eigenvalue weighted by atomic mass is 10.3. The van der Waals surface area contributed by atoms with Gasteiger partial charge >= 0.3 is 17.9 Å². The van der Waals surface area contributed by atoms with Crippen LogP contribution in [0.15, 0.2) is 0 Å². The summed E-state index contributed by atoms with van der Waals surface area (Å²) in [6, 6.07) is 0. The van der Waals surface area contributed by atoms with Crippen molar-refractivity contribution in [3.05, 3.63) is 0 Å². The molecule has 1 aliphatic heterocycles. The second kappa shape index (κ2) is 16.8. The van der Waals surface area contributed by atoms with E-state index >= 15 is 0 Å². The van der Waals surface area contributed by atoms with Crippen LogP contribution in [-0.4, -0.2) is 157 Å². The van der Waals surface area contributed by atoms with Gasteiger partial charge in [0.2, 0.25) is 5.91 Å². The van der Waals surface area contributed by atoms with Crippen LogP contribution in [0.25, 0.3) is 0 Å². The molecule has 0 saturated carbocycles. The summed E-state index contributed by atoms with van der Waals surface area (Å²) in [7, 11) is 0. The number of carboxylic acid groups (broad SMARTS) is 3. The van der Waals surface area contributed by atoms with E-state index in [0.29, 0.717) is 58.9 Å². The quantitative estimate of drug-likeness (QED) is 0.166. The number of terminal acetylenes is 1. The Labute approximate surface area is 199 Å². The molecule has 0 bridgehead atoms. The minimum absolute atomic E-state index is 0.0576. The first-order valence-electron chi connectivity index (χ1n) is 11.0. The Morgan fingerprint density at radius 1 is 0.706 bits per heavy atom. The van der Waals surface area contributed by atoms with Crippen molar-refractivity contribution in [1.82, 2.24) is 24.9 Å². The first-order chi connectivity index (χ1) is 16.2. The molecule has 1 saturated heterocycles. The molecular weight excluding hydrogens is 450 g/mol. The monoisotopic (exact) mass is 485 g/mol. The van der Waals surface area contributed by atoms with Gasteiger partial charge in [0.1, 0.15) is 6.61 Å². The second-order valence-corrected chi connectivity index (χ2v) is 7.89. The zero-order valence-electron chi connectivity index (χ0n) is 19.4. The molecule has 192 valence electrons. The fraction of sp³-hybridized carbons (Fsp3) is 0.714. The van der Waals surface area contributed by atoms with Gasteiger partial charge in [-0.1, -0.05) is 5.92 Å². The van der Waals surface area contributed by atoms with Gasteiger partial charge in [0.15, 0.2) is 0 Å². The molecule has 1 aliphatic rings. The fourth-order valence-electron chi connectivity index (χ4n) is 3.44. The molecule has 1 fully saturated rings. The van der Waals surface area contributed by atoms with Crippen LogP contribution < -0.4 is 5.32 Å². The van der Waals surface area contributed by atoms with Gasteiger partial charge in [0.25, 0.3) is 0 Å². The molecule has 1 rings (SSSR count). The SMILES string of the molecule is C#CCOCCNC(=O)CN1CCN(CC(=O)O)CCN(CC(=O)O)CCN(CC(=O)O)CC1. The molecule has 1 heterocycles. The van der Waals surface area contributed by atoms with Crippen molar-refractivity contribution in [2.24, 2.45) is 0 Å². The van der Waals surface area contributed by atoms with Crippen molar-refractivity contribution in [3.63, 3.8) is 0 Å². The molecule has 0 radical (unpaired) electrons. The average Bonchev–Trinajstić information content (AvgIpc) is 2.74. The van der Waals surface area contributed by atoms with Crippen molar-refractivity contribution in [2.45, 2.75) is 0 Å². The van der Waals surface area contributed by atoms with E-state index in [9.17, 15) is 34.5 Å². The van der Waals surface area contributed by atoms with E-state index in [1.165, 1.54) is 0 Å². The highest BCUT2D eigenvalue weighted by atomic mass is 16.5. The number of rotatable bonds is 12. The first kappa shape index (κ1) is 29.3. The van der Waals surface area contributed by atoms with Crippen molar-refractivity contribution in [1.29, 1.82) is 0 Å². The number of carboxylic acids is 3. The third-order valence-electron chi connectivity index (χ3n) is 5.13. The van der Waals surface area contributed by atoms with Crippen LogP contribution in [-0.2, 0) is 23.9 Å². The van der Waals surface area contributed by atoms with E-state index < -0.39 is 17.9 Å². The fourth-order valence-corrected chi connectivity index (χ4v) is 3.44. The van der Waals surface area contributed by atoms with E-state index in [0.717, 1.165) is 0 Å². The Bertz CT molecular complexity index is 682. The lowest BCUT2D eigenvalue weighted by Crippen LogP contribution is -2.50. The Morgan fingerprint density at radius 2 is 1.06 bits per heavy atom. The van der Waals surface area contributed by atoms with Gasteiger partial charge in [0, 0.05) is 58.9 Å². The molecule has 1 amide bonds. The number of nitrogens with one attached hydrogen (secondary N) is 1. The van der Waals surface area contributed by atoms with E-state index in [4.69, 9.17) is 11.2 Å². The lowest BCUT2D eigenvalue weighted by molar-refractivity contribution is -0.140. The van der Waals surface area contributed by atoms with Gasteiger partial charge in [-0.25, -0.2) is 0 Å². The molecule has 0 unspecified atom stereocenters. The molecule has 34 heavy (non-hydrogen) atoms. The molecule has 0 aromatic carbocycles. The lowest BCUT2D eigenvalue weighted by Gasteiger charge is -2.32. The van der Waals surface area contributed by atoms with Crippen LogP contribution in [0.2, 0.25) is 0 Å². The Morgan fingerprint density at radius 3 is 1.38 bits per heavy atom. The van der Waals surface area contributed by atoms with Crippen molar-refractivity contribution in [2.75, 3.05) is 98.3 Å². The predicted molar refractivity (Wildman–Crippen MR) is 121 cm³/mol. The van der Waals surface area contributed by atoms with Gasteiger partial charge in [-0.15, -0.1) is 6.42 Å². The molecule has 0 spiro atoms. The number of aliphatic carboxylic acids is 3. The summed E-state index contributed by atoms with van der Waals surface area (Å²) in [6.07, 6.45) is 5.10. The summed E-state index contributed by atoms with van der Waals surface area (Å²) in [5, 5.41) is 30.4. The van der Waals surface area contributed by atoms with Crippen LogP contribution in [0, 0.1) is 12.3 Å². The predicted octanol–water partition coefficient (Wildman–Crippen LogP) is -2.77. The zero-order chi connectivity index (χ0) is 25.3. The maximum Gasteiger partial charge on any atom is 0.317 e. The Kier molecular flexibility index (Phi) is 14.5. The standard InChI is InChI=1S/C21H35N5O8/c1-2-12-34-13-3-22-18(27)14-23-4-6-24(15-19(28)29)8-10-26(17-21(32)33)11-9-25(7-5-23)16-20(30)31/h1H,3-17H2,(H,22,27)(H,28,29)(H,30,31)(H,32,33). The average molecular weight is 486 g/mol. The molecule has 0 aromatic rings. The van der Waals surface area contributed by atoms with Crippen LogP contribution >= 0.6 is 0 Å². The summed E-state index contributed by atoms with van der Waals surface area (Å²) in [6.45, 7) is 2.90. The Hall–Kier alpha value is -2.76. The van der Waals surface area contributed by atoms with E-state index in [1.54, 1.807) is 14.7 Å². The molecule has 0 atom stereocenters. The molecule has 0 aromatic heterocycles. The zero-order valence-corrected chi connectivity index (χ0v) is 19.4. The van der Waals surface area contributed by atoms with Gasteiger partial charge < -0.3 is 25.4 Å². The van der Waals surface area contributed by atoms with Crippen LogP contribution in [0.5, 0.6) is 0 Å². The van der Waals surface area contributed by atoms with Crippen LogP contribution in [0.1, 0.15) is 0 Å². The van der Waals surface area contributed by atoms with Gasteiger partial charge in [-0.3, -0.25) is 38.8 Å². The highest BCUT2D eigenvalue weighted by Crippen LogP contribution is 2.01. The number of carbonyl (C=O) groups is 4. The molecule has 0 aliphatic carbocycles. The smallest absolute Gasteiger partial charge is 0.317 e. The third kappa shape index (κ3) is 14.4.